The first-order valence-electron chi connectivity index (χ1n) is 7.79. The van der Waals surface area contributed by atoms with E-state index in [1.165, 1.54) is 24.8 Å². The zero-order valence-electron chi connectivity index (χ0n) is 12.3. The molecule has 3 nitrogen and oxygen atoms in total. The van der Waals surface area contributed by atoms with Crippen LogP contribution in [-0.2, 0) is 4.79 Å². The van der Waals surface area contributed by atoms with Crippen LogP contribution in [0.25, 0.3) is 0 Å². The van der Waals surface area contributed by atoms with Crippen molar-refractivity contribution >= 4 is 17.2 Å². The Hall–Kier alpha value is -0.870. The van der Waals surface area contributed by atoms with Gasteiger partial charge in [-0.3, -0.25) is 10.1 Å². The van der Waals surface area contributed by atoms with E-state index in [1.807, 2.05) is 0 Å². The molecule has 3 atom stereocenters. The maximum absolute atomic E-state index is 12.8. The monoisotopic (exact) mass is 292 g/mol. The molecule has 3 rings (SSSR count). The second-order valence-electron chi connectivity index (χ2n) is 6.28. The Balaban J connectivity index is 1.79. The van der Waals surface area contributed by atoms with E-state index in [4.69, 9.17) is 0 Å². The van der Waals surface area contributed by atoms with E-state index >= 15 is 0 Å². The molecule has 1 N–H and O–H groups in total. The van der Waals surface area contributed by atoms with Crippen molar-refractivity contribution in [1.82, 2.24) is 10.2 Å². The average Bonchev–Trinajstić information content (AvgIpc) is 3.01. The van der Waals surface area contributed by atoms with E-state index in [0.29, 0.717) is 11.8 Å². The molecule has 0 aromatic carbocycles. The fraction of sp³-hybridized carbons (Fsp3) is 0.688. The number of carbonyl (C=O) groups excluding carboxylic acids is 1. The van der Waals surface area contributed by atoms with Gasteiger partial charge in [-0.25, -0.2) is 0 Å². The average molecular weight is 292 g/mol. The van der Waals surface area contributed by atoms with E-state index in [9.17, 15) is 4.79 Å². The molecule has 0 spiro atoms. The molecule has 1 aliphatic heterocycles. The molecule has 2 heterocycles. The molecule has 1 aliphatic carbocycles. The minimum Gasteiger partial charge on any atom is -0.321 e. The Morgan fingerprint density at radius 3 is 2.85 bits per heavy atom. The third kappa shape index (κ3) is 2.51. The van der Waals surface area contributed by atoms with Crippen molar-refractivity contribution in [3.63, 3.8) is 0 Å². The summed E-state index contributed by atoms with van der Waals surface area (Å²) in [5, 5.41) is 7.84. The molecule has 2 aliphatic rings. The van der Waals surface area contributed by atoms with Gasteiger partial charge in [-0.05, 0) is 47.1 Å². The van der Waals surface area contributed by atoms with Gasteiger partial charge in [0.15, 0.2) is 0 Å². The van der Waals surface area contributed by atoms with Crippen molar-refractivity contribution < 1.29 is 4.79 Å². The highest BCUT2D eigenvalue weighted by Gasteiger charge is 2.42. The van der Waals surface area contributed by atoms with E-state index in [2.05, 4.69) is 40.9 Å². The van der Waals surface area contributed by atoms with Crippen molar-refractivity contribution in [3.8, 4) is 0 Å². The van der Waals surface area contributed by atoms with E-state index in [0.717, 1.165) is 18.9 Å². The summed E-state index contributed by atoms with van der Waals surface area (Å²) in [6, 6.07) is 2.13. The van der Waals surface area contributed by atoms with Crippen LogP contribution >= 0.6 is 11.3 Å². The number of carbonyl (C=O) groups is 1. The van der Waals surface area contributed by atoms with Gasteiger partial charge in [0.2, 0.25) is 5.91 Å². The van der Waals surface area contributed by atoms with Gasteiger partial charge in [0.05, 0.1) is 6.04 Å². The molecule has 1 amide bonds. The van der Waals surface area contributed by atoms with Crippen LogP contribution in [0.3, 0.4) is 0 Å². The first-order valence-corrected chi connectivity index (χ1v) is 8.73. The first kappa shape index (κ1) is 14.1. The lowest BCUT2D eigenvalue weighted by atomic mass is 9.85. The molecule has 110 valence electrons. The van der Waals surface area contributed by atoms with Gasteiger partial charge in [-0.15, -0.1) is 0 Å². The molecular weight excluding hydrogens is 268 g/mol. The topological polar surface area (TPSA) is 32.3 Å². The number of hydrogen-bond donors (Lipinski definition) is 1. The molecule has 0 bridgehead atoms. The van der Waals surface area contributed by atoms with Crippen molar-refractivity contribution in [2.45, 2.75) is 51.7 Å². The van der Waals surface area contributed by atoms with Gasteiger partial charge in [0, 0.05) is 6.54 Å². The third-order valence-electron chi connectivity index (χ3n) is 4.95. The van der Waals surface area contributed by atoms with Crippen molar-refractivity contribution in [1.29, 1.82) is 0 Å². The molecular formula is C16H24N2OS. The Morgan fingerprint density at radius 2 is 2.30 bits per heavy atom. The number of thiophene rings is 1. The molecule has 3 unspecified atom stereocenters. The number of amides is 1. The maximum Gasteiger partial charge on any atom is 0.241 e. The van der Waals surface area contributed by atoms with Gasteiger partial charge in [-0.1, -0.05) is 26.7 Å². The second-order valence-corrected chi connectivity index (χ2v) is 7.06. The summed E-state index contributed by atoms with van der Waals surface area (Å²) < 4.78 is 0. The van der Waals surface area contributed by atoms with Crippen LogP contribution in [0.5, 0.6) is 0 Å². The number of nitrogens with one attached hydrogen (secondary N) is 1. The number of nitrogens with zero attached hydrogens (tertiary/aromatic N) is 1. The number of hydrogen-bond acceptors (Lipinski definition) is 3. The standard InChI is InChI=1S/C16H24N2OS/c1-3-11(2)14-16(19)18(9-12-5-4-6-12)15(17-14)13-7-8-20-10-13/h7-8,10-12,14-15,17H,3-6,9H2,1-2H3. The molecule has 1 saturated carbocycles. The number of rotatable bonds is 5. The molecule has 1 aromatic heterocycles. The summed E-state index contributed by atoms with van der Waals surface area (Å²) in [6.45, 7) is 5.26. The lowest BCUT2D eigenvalue weighted by Crippen LogP contribution is -2.38. The Bertz CT molecular complexity index is 455. The van der Waals surface area contributed by atoms with E-state index in [1.54, 1.807) is 11.3 Å². The highest BCUT2D eigenvalue weighted by Crippen LogP contribution is 2.34. The van der Waals surface area contributed by atoms with E-state index in [-0.39, 0.29) is 12.2 Å². The molecule has 0 radical (unpaired) electrons. The lowest BCUT2D eigenvalue weighted by Gasteiger charge is -2.33. The lowest BCUT2D eigenvalue weighted by molar-refractivity contribution is -0.132. The largest absolute Gasteiger partial charge is 0.321 e. The minimum absolute atomic E-state index is 0.00928. The van der Waals surface area contributed by atoms with Crippen LogP contribution in [0.4, 0.5) is 0 Å². The highest BCUT2D eigenvalue weighted by molar-refractivity contribution is 7.07. The second kappa shape index (κ2) is 5.86. The van der Waals surface area contributed by atoms with Gasteiger partial charge in [0.25, 0.3) is 0 Å². The summed E-state index contributed by atoms with van der Waals surface area (Å²) in [5.41, 5.74) is 1.24. The van der Waals surface area contributed by atoms with Crippen LogP contribution in [0.2, 0.25) is 0 Å². The minimum atomic E-state index is -0.00928. The molecule has 2 fully saturated rings. The maximum atomic E-state index is 12.8. The van der Waals surface area contributed by atoms with Crippen LogP contribution in [0.1, 0.15) is 51.3 Å². The quantitative estimate of drug-likeness (QED) is 0.902. The van der Waals surface area contributed by atoms with Crippen molar-refractivity contribution in [2.24, 2.45) is 11.8 Å². The SMILES string of the molecule is CCC(C)C1NC(c2ccsc2)N(CC2CCC2)C1=O. The molecule has 4 heteroatoms. The smallest absolute Gasteiger partial charge is 0.241 e. The van der Waals surface area contributed by atoms with Gasteiger partial charge in [0.1, 0.15) is 6.17 Å². The zero-order valence-corrected chi connectivity index (χ0v) is 13.2. The summed E-state index contributed by atoms with van der Waals surface area (Å²) in [4.78, 5) is 14.9. The summed E-state index contributed by atoms with van der Waals surface area (Å²) in [7, 11) is 0. The van der Waals surface area contributed by atoms with Gasteiger partial charge in [-0.2, -0.15) is 11.3 Å². The predicted octanol–water partition coefficient (Wildman–Crippen LogP) is 3.39. The van der Waals surface area contributed by atoms with Crippen LogP contribution in [0, 0.1) is 11.8 Å². The predicted molar refractivity (Wildman–Crippen MR) is 82.5 cm³/mol. The van der Waals surface area contributed by atoms with Crippen LogP contribution in [-0.4, -0.2) is 23.4 Å². The highest BCUT2D eigenvalue weighted by atomic mass is 32.1. The summed E-state index contributed by atoms with van der Waals surface area (Å²) in [6.07, 6.45) is 5.03. The molecule has 1 aromatic rings. The zero-order chi connectivity index (χ0) is 14.1. The fourth-order valence-corrected chi connectivity index (χ4v) is 3.82. The third-order valence-corrected chi connectivity index (χ3v) is 5.65. The summed E-state index contributed by atoms with van der Waals surface area (Å²) in [5.74, 6) is 1.43. The van der Waals surface area contributed by atoms with Crippen molar-refractivity contribution in [2.75, 3.05) is 6.54 Å². The summed E-state index contributed by atoms with van der Waals surface area (Å²) >= 11 is 1.71. The fourth-order valence-electron chi connectivity index (χ4n) is 3.14. The van der Waals surface area contributed by atoms with Gasteiger partial charge >= 0.3 is 0 Å². The molecule has 1 saturated heterocycles. The Labute approximate surface area is 125 Å². The van der Waals surface area contributed by atoms with Crippen molar-refractivity contribution in [3.05, 3.63) is 22.4 Å². The first-order chi connectivity index (χ1) is 9.70. The van der Waals surface area contributed by atoms with Crippen LogP contribution in [0.15, 0.2) is 16.8 Å². The normalized spacial score (nSPS) is 28.7. The molecule has 20 heavy (non-hydrogen) atoms. The van der Waals surface area contributed by atoms with E-state index < -0.39 is 0 Å². The Morgan fingerprint density at radius 1 is 1.50 bits per heavy atom. The Kier molecular flexibility index (Phi) is 4.13. The van der Waals surface area contributed by atoms with Gasteiger partial charge < -0.3 is 4.90 Å². The van der Waals surface area contributed by atoms with Crippen LogP contribution < -0.4 is 5.32 Å².